The molecule has 0 atom stereocenters. The number of aromatic nitrogens is 2. The number of nitrogens with zero attached hydrogens (tertiary/aromatic N) is 2. The van der Waals surface area contributed by atoms with Gasteiger partial charge in [-0.05, 0) is 35.6 Å². The fourth-order valence-corrected chi connectivity index (χ4v) is 4.08. The Kier molecular flexibility index (Phi) is 4.32. The Balaban J connectivity index is 1.84. The van der Waals surface area contributed by atoms with Gasteiger partial charge in [0.25, 0.3) is 0 Å². The normalized spacial score (nSPS) is 11.7. The molecule has 5 nitrogen and oxygen atoms in total. The minimum Gasteiger partial charge on any atom is -0.340 e. The Morgan fingerprint density at radius 1 is 1.17 bits per heavy atom. The van der Waals surface area contributed by atoms with E-state index in [0.29, 0.717) is 0 Å². The van der Waals surface area contributed by atoms with Crippen molar-refractivity contribution in [3.63, 3.8) is 0 Å². The summed E-state index contributed by atoms with van der Waals surface area (Å²) in [5.41, 5.74) is 2.80. The van der Waals surface area contributed by atoms with E-state index in [2.05, 4.69) is 20.7 Å². The lowest BCUT2D eigenvalue weighted by atomic mass is 10.2. The average Bonchev–Trinajstić information content (AvgIpc) is 2.92. The van der Waals surface area contributed by atoms with Gasteiger partial charge >= 0.3 is 0 Å². The molecule has 0 aliphatic heterocycles. The second-order valence-electron chi connectivity index (χ2n) is 5.32. The van der Waals surface area contributed by atoms with E-state index in [9.17, 15) is 8.42 Å². The number of hydrogen-bond acceptors (Lipinski definition) is 6. The molecule has 1 N–H and O–H groups in total. The summed E-state index contributed by atoms with van der Waals surface area (Å²) in [5, 5.41) is 6.37. The fourth-order valence-electron chi connectivity index (χ4n) is 2.29. The number of anilines is 2. The van der Waals surface area contributed by atoms with E-state index in [0.717, 1.165) is 32.8 Å². The molecule has 0 aliphatic carbocycles. The fraction of sp³-hybridized carbons (Fsp3) is 0.250. The van der Waals surface area contributed by atoms with E-state index in [1.807, 2.05) is 31.2 Å². The van der Waals surface area contributed by atoms with Crippen molar-refractivity contribution in [3.05, 3.63) is 47.1 Å². The van der Waals surface area contributed by atoms with Crippen LogP contribution < -0.4 is 5.32 Å². The summed E-state index contributed by atoms with van der Waals surface area (Å²) in [6.45, 7) is 3.70. The topological polar surface area (TPSA) is 72.0 Å². The molecule has 0 radical (unpaired) electrons. The van der Waals surface area contributed by atoms with Crippen molar-refractivity contribution in [3.8, 4) is 0 Å². The zero-order chi connectivity index (χ0) is 16.4. The van der Waals surface area contributed by atoms with E-state index < -0.39 is 9.84 Å². The number of sulfone groups is 1. The molecule has 23 heavy (non-hydrogen) atoms. The molecule has 0 unspecified atom stereocenters. The van der Waals surface area contributed by atoms with E-state index in [-0.39, 0.29) is 11.5 Å². The summed E-state index contributed by atoms with van der Waals surface area (Å²) < 4.78 is 23.3. The number of fused-ring (bicyclic) bond motifs is 1. The lowest BCUT2D eigenvalue weighted by molar-refractivity contribution is 0.596. The molecule has 0 aliphatic rings. The standard InChI is InChI=1S/C16H17N3O2S2/c1-3-23(20,21)9-12-4-6-13(7-5-12)19-15-14-11(2)8-22-16(14)18-10-17-15/h4-8,10H,3,9H2,1-2H3,(H,17,18,19). The molecule has 0 spiro atoms. The Labute approximate surface area is 139 Å². The Hall–Kier alpha value is -1.99. The number of aryl methyl sites for hydroxylation is 1. The maximum absolute atomic E-state index is 11.7. The summed E-state index contributed by atoms with van der Waals surface area (Å²) >= 11 is 1.59. The minimum absolute atomic E-state index is 0.0746. The summed E-state index contributed by atoms with van der Waals surface area (Å²) in [6.07, 6.45) is 1.54. The van der Waals surface area contributed by atoms with Crippen molar-refractivity contribution in [2.75, 3.05) is 11.1 Å². The summed E-state index contributed by atoms with van der Waals surface area (Å²) in [6, 6.07) is 7.40. The molecule has 0 bridgehead atoms. The summed E-state index contributed by atoms with van der Waals surface area (Å²) in [5.74, 6) is 0.997. The predicted octanol–water partition coefficient (Wildman–Crippen LogP) is 3.68. The maximum Gasteiger partial charge on any atom is 0.154 e. The highest BCUT2D eigenvalue weighted by molar-refractivity contribution is 7.90. The third-order valence-corrected chi connectivity index (χ3v) is 6.25. The molecule has 0 saturated carbocycles. The van der Waals surface area contributed by atoms with Crippen molar-refractivity contribution in [1.29, 1.82) is 0 Å². The van der Waals surface area contributed by atoms with Gasteiger partial charge < -0.3 is 5.32 Å². The second kappa shape index (κ2) is 6.25. The van der Waals surface area contributed by atoms with Gasteiger partial charge in [0.15, 0.2) is 9.84 Å². The Morgan fingerprint density at radius 3 is 2.61 bits per heavy atom. The lowest BCUT2D eigenvalue weighted by Crippen LogP contribution is -2.06. The number of benzene rings is 1. The van der Waals surface area contributed by atoms with Crippen LogP contribution in [-0.2, 0) is 15.6 Å². The van der Waals surface area contributed by atoms with E-state index in [4.69, 9.17) is 0 Å². The highest BCUT2D eigenvalue weighted by atomic mass is 32.2. The Bertz CT molecular complexity index is 932. The van der Waals surface area contributed by atoms with Crippen LogP contribution in [0, 0.1) is 6.92 Å². The smallest absolute Gasteiger partial charge is 0.154 e. The monoisotopic (exact) mass is 347 g/mol. The van der Waals surface area contributed by atoms with Crippen LogP contribution in [0.3, 0.4) is 0 Å². The van der Waals surface area contributed by atoms with Crippen LogP contribution in [0.2, 0.25) is 0 Å². The van der Waals surface area contributed by atoms with Crippen molar-refractivity contribution >= 4 is 42.9 Å². The van der Waals surface area contributed by atoms with Crippen LogP contribution in [0.4, 0.5) is 11.5 Å². The SMILES string of the molecule is CCS(=O)(=O)Cc1ccc(Nc2ncnc3scc(C)c23)cc1. The third-order valence-electron chi connectivity index (χ3n) is 3.60. The largest absolute Gasteiger partial charge is 0.340 e. The summed E-state index contributed by atoms with van der Waals surface area (Å²) in [7, 11) is -3.01. The van der Waals surface area contributed by atoms with Gasteiger partial charge in [-0.1, -0.05) is 19.1 Å². The van der Waals surface area contributed by atoms with Gasteiger partial charge in [-0.3, -0.25) is 0 Å². The molecule has 120 valence electrons. The molecule has 0 saturated heterocycles. The van der Waals surface area contributed by atoms with E-state index in [1.165, 1.54) is 0 Å². The quantitative estimate of drug-likeness (QED) is 0.762. The zero-order valence-corrected chi connectivity index (χ0v) is 14.5. The first-order chi connectivity index (χ1) is 11.0. The van der Waals surface area contributed by atoms with E-state index in [1.54, 1.807) is 24.6 Å². The average molecular weight is 347 g/mol. The lowest BCUT2D eigenvalue weighted by Gasteiger charge is -2.08. The maximum atomic E-state index is 11.7. The van der Waals surface area contributed by atoms with Crippen molar-refractivity contribution < 1.29 is 8.42 Å². The molecule has 0 fully saturated rings. The van der Waals surface area contributed by atoms with Gasteiger partial charge in [-0.25, -0.2) is 18.4 Å². The molecule has 3 aromatic rings. The molecule has 3 rings (SSSR count). The van der Waals surface area contributed by atoms with Gasteiger partial charge in [-0.15, -0.1) is 11.3 Å². The second-order valence-corrected chi connectivity index (χ2v) is 8.53. The van der Waals surface area contributed by atoms with Crippen LogP contribution >= 0.6 is 11.3 Å². The number of thiophene rings is 1. The van der Waals surface area contributed by atoms with Crippen LogP contribution in [0.15, 0.2) is 36.0 Å². The van der Waals surface area contributed by atoms with Gasteiger partial charge in [0.05, 0.1) is 11.1 Å². The molecular weight excluding hydrogens is 330 g/mol. The van der Waals surface area contributed by atoms with Crippen LogP contribution in [-0.4, -0.2) is 24.1 Å². The Morgan fingerprint density at radius 2 is 1.91 bits per heavy atom. The number of nitrogens with one attached hydrogen (secondary N) is 1. The predicted molar refractivity (Wildman–Crippen MR) is 95.0 cm³/mol. The van der Waals surface area contributed by atoms with Gasteiger partial charge in [-0.2, -0.15) is 0 Å². The molecular formula is C16H17N3O2S2. The number of rotatable bonds is 5. The van der Waals surface area contributed by atoms with Crippen LogP contribution in [0.5, 0.6) is 0 Å². The highest BCUT2D eigenvalue weighted by Gasteiger charge is 2.10. The first-order valence-electron chi connectivity index (χ1n) is 7.23. The van der Waals surface area contributed by atoms with Crippen molar-refractivity contribution in [1.82, 2.24) is 9.97 Å². The first-order valence-corrected chi connectivity index (χ1v) is 9.94. The molecule has 2 heterocycles. The van der Waals surface area contributed by atoms with Gasteiger partial charge in [0.2, 0.25) is 0 Å². The molecule has 0 amide bonds. The third kappa shape index (κ3) is 3.51. The van der Waals surface area contributed by atoms with Crippen LogP contribution in [0.1, 0.15) is 18.1 Å². The highest BCUT2D eigenvalue weighted by Crippen LogP contribution is 2.30. The van der Waals surface area contributed by atoms with E-state index >= 15 is 0 Å². The minimum atomic E-state index is -3.01. The molecule has 1 aromatic carbocycles. The summed E-state index contributed by atoms with van der Waals surface area (Å²) in [4.78, 5) is 9.54. The van der Waals surface area contributed by atoms with Crippen molar-refractivity contribution in [2.24, 2.45) is 0 Å². The first kappa shape index (κ1) is 15.9. The molecule has 7 heteroatoms. The molecule has 2 aromatic heterocycles. The van der Waals surface area contributed by atoms with Crippen molar-refractivity contribution in [2.45, 2.75) is 19.6 Å². The number of hydrogen-bond donors (Lipinski definition) is 1. The van der Waals surface area contributed by atoms with Gasteiger partial charge in [0.1, 0.15) is 17.0 Å². The zero-order valence-electron chi connectivity index (χ0n) is 12.9. The van der Waals surface area contributed by atoms with Gasteiger partial charge in [0, 0.05) is 11.4 Å². The van der Waals surface area contributed by atoms with Crippen LogP contribution in [0.25, 0.3) is 10.2 Å².